The molecule has 0 saturated carbocycles. The molecule has 11 heteroatoms. The second-order valence-electron chi connectivity index (χ2n) is 9.66. The normalized spacial score (nSPS) is 11.4. The lowest BCUT2D eigenvalue weighted by Crippen LogP contribution is -2.24. The molecule has 3 aromatic carbocycles. The summed E-state index contributed by atoms with van der Waals surface area (Å²) in [6.45, 7) is 0.338. The van der Waals surface area contributed by atoms with Crippen LogP contribution in [-0.2, 0) is 6.54 Å². The zero-order valence-corrected chi connectivity index (χ0v) is 23.0. The van der Waals surface area contributed by atoms with Gasteiger partial charge in [0.05, 0.1) is 11.3 Å². The Morgan fingerprint density at radius 1 is 0.837 bits per heavy atom. The second kappa shape index (κ2) is 11.8. The molecule has 0 unspecified atom stereocenters. The van der Waals surface area contributed by atoms with Gasteiger partial charge in [-0.3, -0.25) is 9.36 Å². The van der Waals surface area contributed by atoms with Crippen molar-refractivity contribution in [2.24, 2.45) is 16.7 Å². The van der Waals surface area contributed by atoms with E-state index >= 15 is 0 Å². The molecule has 0 spiro atoms. The highest BCUT2D eigenvalue weighted by Crippen LogP contribution is 2.31. The van der Waals surface area contributed by atoms with E-state index in [9.17, 15) is 4.79 Å². The van der Waals surface area contributed by atoms with Crippen molar-refractivity contribution in [3.8, 4) is 28.3 Å². The zero-order valence-electron chi connectivity index (χ0n) is 23.0. The molecule has 6 aromatic rings. The van der Waals surface area contributed by atoms with Gasteiger partial charge in [0.2, 0.25) is 0 Å². The van der Waals surface area contributed by atoms with Crippen molar-refractivity contribution in [3.05, 3.63) is 126 Å². The van der Waals surface area contributed by atoms with Crippen molar-refractivity contribution in [1.82, 2.24) is 30.4 Å². The molecular weight excluding hydrogens is 540 g/mol. The molecule has 0 radical (unpaired) electrons. The number of amidine groups is 1. The number of pyridine rings is 2. The summed E-state index contributed by atoms with van der Waals surface area (Å²) in [4.78, 5) is 26.9. The molecule has 11 nitrogen and oxygen atoms in total. The molecule has 0 aliphatic heterocycles. The summed E-state index contributed by atoms with van der Waals surface area (Å²) in [5.74, 6) is 6.19. The Morgan fingerprint density at radius 3 is 2.30 bits per heavy atom. The topological polar surface area (TPSA) is 175 Å². The number of nitrogen functional groups attached to an aromatic ring is 1. The lowest BCUT2D eigenvalue weighted by atomic mass is 10.1. The number of anilines is 1. The van der Waals surface area contributed by atoms with Gasteiger partial charge in [0.15, 0.2) is 17.3 Å². The third-order valence-corrected chi connectivity index (χ3v) is 6.93. The molecule has 0 fully saturated rings. The van der Waals surface area contributed by atoms with Gasteiger partial charge in [0.25, 0.3) is 5.91 Å². The average Bonchev–Trinajstić information content (AvgIpc) is 3.43. The van der Waals surface area contributed by atoms with Gasteiger partial charge >= 0.3 is 0 Å². The van der Waals surface area contributed by atoms with Crippen LogP contribution in [0.1, 0.15) is 21.5 Å². The molecule has 1 amide bonds. The highest BCUT2D eigenvalue weighted by atomic mass is 16.1. The van der Waals surface area contributed by atoms with Crippen LogP contribution >= 0.6 is 0 Å². The summed E-state index contributed by atoms with van der Waals surface area (Å²) >= 11 is 0. The lowest BCUT2D eigenvalue weighted by molar-refractivity contribution is 0.0951. The standard InChI is InChI=1S/C32H28N10O/c33-28(40-41-35)22-10-12-23(13-11-22)32(43)37-19-20-8-14-24(15-9-20)42-30(25-7-4-18-36-29(25)34)39-27-17-16-26(38-31(27)42)21-5-2-1-3-6-21/h1-18,41H,19,35H2,(H2,33,40)(H2,34,36)(H,37,43). The highest BCUT2D eigenvalue weighted by molar-refractivity contribution is 5.99. The van der Waals surface area contributed by atoms with Gasteiger partial charge in [0, 0.05) is 35.1 Å². The molecule has 6 rings (SSSR count). The SMILES string of the molecule is NN/N=C(\N)c1ccc(C(=O)NCc2ccc(-n3c(-c4cccnc4N)nc4ccc(-c5ccccc5)nc43)cc2)cc1. The molecule has 3 aromatic heterocycles. The predicted molar refractivity (Wildman–Crippen MR) is 168 cm³/mol. The molecule has 212 valence electrons. The maximum Gasteiger partial charge on any atom is 0.251 e. The van der Waals surface area contributed by atoms with Gasteiger partial charge in [-0.25, -0.2) is 26.3 Å². The molecule has 0 saturated heterocycles. The number of benzene rings is 3. The molecule has 0 bridgehead atoms. The smallest absolute Gasteiger partial charge is 0.251 e. The quantitative estimate of drug-likeness (QED) is 0.0798. The number of fused-ring (bicyclic) bond motifs is 1. The van der Waals surface area contributed by atoms with Crippen molar-refractivity contribution < 1.29 is 4.79 Å². The van der Waals surface area contributed by atoms with E-state index < -0.39 is 0 Å². The fourth-order valence-corrected chi connectivity index (χ4v) is 4.73. The van der Waals surface area contributed by atoms with Gasteiger partial charge in [-0.15, -0.1) is 5.10 Å². The first-order chi connectivity index (χ1) is 21.0. The highest BCUT2D eigenvalue weighted by Gasteiger charge is 2.19. The van der Waals surface area contributed by atoms with Gasteiger partial charge in [-0.05, 0) is 54.1 Å². The maximum absolute atomic E-state index is 12.8. The van der Waals surface area contributed by atoms with Crippen LogP contribution in [0.5, 0.6) is 0 Å². The molecular formula is C32H28N10O. The summed E-state index contributed by atoms with van der Waals surface area (Å²) < 4.78 is 1.98. The van der Waals surface area contributed by atoms with Crippen molar-refractivity contribution in [1.29, 1.82) is 0 Å². The summed E-state index contributed by atoms with van der Waals surface area (Å²) in [5, 5.41) is 6.69. The molecule has 43 heavy (non-hydrogen) atoms. The number of nitrogens with one attached hydrogen (secondary N) is 2. The number of hydrogen-bond donors (Lipinski definition) is 5. The molecule has 0 aliphatic rings. The summed E-state index contributed by atoms with van der Waals surface area (Å²) in [7, 11) is 0. The Hall–Kier alpha value is -6.07. The Morgan fingerprint density at radius 2 is 1.58 bits per heavy atom. The van der Waals surface area contributed by atoms with Crippen LogP contribution in [0.2, 0.25) is 0 Å². The van der Waals surface area contributed by atoms with Crippen molar-refractivity contribution >= 4 is 28.7 Å². The Balaban J connectivity index is 1.29. The number of carbonyl (C=O) groups is 1. The minimum absolute atomic E-state index is 0.212. The zero-order chi connectivity index (χ0) is 29.8. The number of amides is 1. The van der Waals surface area contributed by atoms with Gasteiger partial charge in [-0.2, -0.15) is 0 Å². The van der Waals surface area contributed by atoms with E-state index in [-0.39, 0.29) is 11.7 Å². The van der Waals surface area contributed by atoms with E-state index in [1.807, 2.05) is 83.4 Å². The van der Waals surface area contributed by atoms with E-state index in [1.54, 1.807) is 30.5 Å². The average molecular weight is 569 g/mol. The maximum atomic E-state index is 12.8. The Labute approximate surface area is 247 Å². The molecule has 8 N–H and O–H groups in total. The third kappa shape index (κ3) is 5.60. The lowest BCUT2D eigenvalue weighted by Gasteiger charge is -2.12. The predicted octanol–water partition coefficient (Wildman–Crippen LogP) is 3.75. The van der Waals surface area contributed by atoms with Crippen LogP contribution in [0.3, 0.4) is 0 Å². The Bertz CT molecular complexity index is 1930. The van der Waals surface area contributed by atoms with Crippen molar-refractivity contribution in [2.45, 2.75) is 6.54 Å². The number of aromatic nitrogens is 4. The van der Waals surface area contributed by atoms with Crippen LogP contribution in [0, 0.1) is 0 Å². The number of carbonyl (C=O) groups excluding carboxylic acids is 1. The monoisotopic (exact) mass is 568 g/mol. The summed E-state index contributed by atoms with van der Waals surface area (Å²) in [6, 6.07) is 32.3. The van der Waals surface area contributed by atoms with Crippen molar-refractivity contribution in [3.63, 3.8) is 0 Å². The van der Waals surface area contributed by atoms with Gasteiger partial charge in [0.1, 0.15) is 11.3 Å². The van der Waals surface area contributed by atoms with Crippen LogP contribution in [0.15, 0.2) is 114 Å². The van der Waals surface area contributed by atoms with E-state index in [0.717, 1.165) is 28.0 Å². The fourth-order valence-electron chi connectivity index (χ4n) is 4.73. The molecule has 3 heterocycles. The largest absolute Gasteiger partial charge is 0.383 e. The minimum atomic E-state index is -0.212. The van der Waals surface area contributed by atoms with Crippen LogP contribution in [-0.4, -0.2) is 31.3 Å². The number of hydrogen-bond acceptors (Lipinski definition) is 8. The molecule has 0 atom stereocenters. The minimum Gasteiger partial charge on any atom is -0.383 e. The van der Waals surface area contributed by atoms with E-state index in [1.165, 1.54) is 0 Å². The van der Waals surface area contributed by atoms with Crippen LogP contribution in [0.4, 0.5) is 5.82 Å². The Kier molecular flexibility index (Phi) is 7.45. The number of nitrogens with two attached hydrogens (primary N) is 3. The number of hydrazine groups is 1. The van der Waals surface area contributed by atoms with Crippen LogP contribution in [0.25, 0.3) is 39.5 Å². The van der Waals surface area contributed by atoms with E-state index in [4.69, 9.17) is 27.3 Å². The number of rotatable bonds is 8. The summed E-state index contributed by atoms with van der Waals surface area (Å²) in [5.41, 5.74) is 21.1. The first-order valence-electron chi connectivity index (χ1n) is 13.4. The summed E-state index contributed by atoms with van der Waals surface area (Å²) in [6.07, 6.45) is 1.65. The second-order valence-corrected chi connectivity index (χ2v) is 9.66. The van der Waals surface area contributed by atoms with Gasteiger partial charge < -0.3 is 16.8 Å². The van der Waals surface area contributed by atoms with Crippen molar-refractivity contribution in [2.75, 3.05) is 5.73 Å². The van der Waals surface area contributed by atoms with Crippen LogP contribution < -0.4 is 28.2 Å². The number of nitrogens with zero attached hydrogens (tertiary/aromatic N) is 5. The first kappa shape index (κ1) is 27.1. The number of hydrazone groups is 1. The van der Waals surface area contributed by atoms with Gasteiger partial charge in [-0.1, -0.05) is 54.6 Å². The first-order valence-corrected chi connectivity index (χ1v) is 13.4. The number of imidazole rings is 1. The third-order valence-electron chi connectivity index (χ3n) is 6.93. The molecule has 0 aliphatic carbocycles. The van der Waals surface area contributed by atoms with E-state index in [2.05, 4.69) is 20.9 Å². The fraction of sp³-hybridized carbons (Fsp3) is 0.0312. The van der Waals surface area contributed by atoms with E-state index in [0.29, 0.717) is 40.5 Å².